The SMILES string of the molecule is CCc1ccc(COC)cc1N(CCl)C(=O)C(Cl)CC. The number of carbonyl (C=O) groups is 1. The van der Waals surface area contributed by atoms with Gasteiger partial charge in [-0.3, -0.25) is 9.69 Å². The van der Waals surface area contributed by atoms with Crippen LogP contribution in [0.4, 0.5) is 5.69 Å². The number of amides is 1. The highest BCUT2D eigenvalue weighted by molar-refractivity contribution is 6.34. The number of rotatable bonds is 7. The van der Waals surface area contributed by atoms with Gasteiger partial charge in [0.1, 0.15) is 11.4 Å². The summed E-state index contributed by atoms with van der Waals surface area (Å²) in [5.74, 6) is -0.159. The zero-order valence-corrected chi connectivity index (χ0v) is 13.7. The second-order valence-electron chi connectivity index (χ2n) is 4.51. The van der Waals surface area contributed by atoms with Gasteiger partial charge in [0.05, 0.1) is 6.61 Å². The summed E-state index contributed by atoms with van der Waals surface area (Å²) < 4.78 is 5.14. The number of halogens is 2. The van der Waals surface area contributed by atoms with Crippen LogP contribution in [0.3, 0.4) is 0 Å². The number of nitrogens with zero attached hydrogens (tertiary/aromatic N) is 1. The third kappa shape index (κ3) is 4.11. The van der Waals surface area contributed by atoms with E-state index in [4.69, 9.17) is 27.9 Å². The number of methoxy groups -OCH3 is 1. The molecule has 0 saturated carbocycles. The molecule has 1 aromatic carbocycles. The molecule has 0 aromatic heterocycles. The van der Waals surface area contributed by atoms with Gasteiger partial charge in [-0.15, -0.1) is 23.2 Å². The number of anilines is 1. The molecular formula is C15H21Cl2NO2. The zero-order valence-electron chi connectivity index (χ0n) is 12.2. The third-order valence-electron chi connectivity index (χ3n) is 3.14. The third-order valence-corrected chi connectivity index (χ3v) is 3.88. The van der Waals surface area contributed by atoms with Gasteiger partial charge >= 0.3 is 0 Å². The van der Waals surface area contributed by atoms with Crippen LogP contribution < -0.4 is 4.90 Å². The van der Waals surface area contributed by atoms with Crippen molar-refractivity contribution < 1.29 is 9.53 Å². The van der Waals surface area contributed by atoms with Gasteiger partial charge in [0.2, 0.25) is 5.91 Å². The van der Waals surface area contributed by atoms with E-state index >= 15 is 0 Å². The Morgan fingerprint density at radius 2 is 2.10 bits per heavy atom. The van der Waals surface area contributed by atoms with Gasteiger partial charge in [-0.05, 0) is 30.0 Å². The molecule has 0 aliphatic carbocycles. The van der Waals surface area contributed by atoms with Gasteiger partial charge in [0.25, 0.3) is 0 Å². The fourth-order valence-electron chi connectivity index (χ4n) is 2.00. The quantitative estimate of drug-likeness (QED) is 0.563. The van der Waals surface area contributed by atoms with Crippen molar-refractivity contribution in [2.75, 3.05) is 18.0 Å². The summed E-state index contributed by atoms with van der Waals surface area (Å²) >= 11 is 12.0. The van der Waals surface area contributed by atoms with Crippen molar-refractivity contribution in [3.05, 3.63) is 29.3 Å². The van der Waals surface area contributed by atoms with Crippen molar-refractivity contribution in [3.8, 4) is 0 Å². The van der Waals surface area contributed by atoms with Crippen molar-refractivity contribution in [1.82, 2.24) is 0 Å². The number of hydrogen-bond donors (Lipinski definition) is 0. The summed E-state index contributed by atoms with van der Waals surface area (Å²) in [4.78, 5) is 13.9. The first-order valence-electron chi connectivity index (χ1n) is 6.71. The number of ether oxygens (including phenoxy) is 1. The minimum atomic E-state index is -0.551. The topological polar surface area (TPSA) is 29.5 Å². The number of alkyl halides is 2. The second kappa shape index (κ2) is 8.50. The highest BCUT2D eigenvalue weighted by atomic mass is 35.5. The molecule has 1 aromatic rings. The van der Waals surface area contributed by atoms with Gasteiger partial charge in [-0.2, -0.15) is 0 Å². The van der Waals surface area contributed by atoms with Crippen molar-refractivity contribution >= 4 is 34.8 Å². The highest BCUT2D eigenvalue weighted by Crippen LogP contribution is 2.26. The Labute approximate surface area is 130 Å². The summed E-state index contributed by atoms with van der Waals surface area (Å²) in [5, 5.41) is -0.551. The number of carbonyl (C=O) groups excluding carboxylic acids is 1. The standard InChI is InChI=1S/C15H21Cl2NO2/c1-4-12-7-6-11(9-20-3)8-14(12)18(10-16)15(19)13(17)5-2/h6-8,13H,4-5,9-10H2,1-3H3. The van der Waals surface area contributed by atoms with E-state index < -0.39 is 5.38 Å². The summed E-state index contributed by atoms with van der Waals surface area (Å²) in [6.45, 7) is 4.42. The monoisotopic (exact) mass is 317 g/mol. The first kappa shape index (κ1) is 17.3. The first-order chi connectivity index (χ1) is 9.58. The Morgan fingerprint density at radius 1 is 1.40 bits per heavy atom. The van der Waals surface area contributed by atoms with Gasteiger partial charge in [-0.25, -0.2) is 0 Å². The van der Waals surface area contributed by atoms with Crippen molar-refractivity contribution in [2.45, 2.75) is 38.7 Å². The lowest BCUT2D eigenvalue weighted by Gasteiger charge is -2.25. The minimum Gasteiger partial charge on any atom is -0.380 e. The molecule has 0 N–H and O–H groups in total. The molecule has 3 nitrogen and oxygen atoms in total. The molecule has 1 amide bonds. The Morgan fingerprint density at radius 3 is 2.60 bits per heavy atom. The second-order valence-corrected chi connectivity index (χ2v) is 5.28. The Hall–Kier alpha value is -0.770. The predicted octanol–water partition coefficient (Wildman–Crippen LogP) is 3.94. The minimum absolute atomic E-state index is 0.0888. The molecule has 20 heavy (non-hydrogen) atoms. The van der Waals surface area contributed by atoms with Gasteiger partial charge in [-0.1, -0.05) is 26.0 Å². The summed E-state index contributed by atoms with van der Waals surface area (Å²) in [6, 6.07) is 6.04. The summed E-state index contributed by atoms with van der Waals surface area (Å²) in [7, 11) is 1.64. The van der Waals surface area contributed by atoms with Gasteiger partial charge in [0, 0.05) is 12.8 Å². The molecule has 0 fully saturated rings. The normalized spacial score (nSPS) is 12.2. The number of hydrogen-bond acceptors (Lipinski definition) is 2. The van der Waals surface area contributed by atoms with Crippen molar-refractivity contribution in [3.63, 3.8) is 0 Å². The van der Waals surface area contributed by atoms with Crippen LogP contribution in [0.1, 0.15) is 31.4 Å². The van der Waals surface area contributed by atoms with E-state index in [1.807, 2.05) is 32.0 Å². The average molecular weight is 318 g/mol. The fourth-order valence-corrected chi connectivity index (χ4v) is 2.37. The molecule has 0 saturated heterocycles. The summed E-state index contributed by atoms with van der Waals surface area (Å²) in [5.41, 5.74) is 2.89. The van der Waals surface area contributed by atoms with Crippen LogP contribution in [0.5, 0.6) is 0 Å². The largest absolute Gasteiger partial charge is 0.380 e. The maximum Gasteiger partial charge on any atom is 0.246 e. The average Bonchev–Trinajstić information content (AvgIpc) is 2.47. The molecular weight excluding hydrogens is 297 g/mol. The van der Waals surface area contributed by atoms with Gasteiger partial charge in [0.15, 0.2) is 0 Å². The fraction of sp³-hybridized carbons (Fsp3) is 0.533. The molecule has 1 rings (SSSR count). The van der Waals surface area contributed by atoms with Crippen LogP contribution in [0, 0.1) is 0 Å². The van der Waals surface area contributed by atoms with E-state index in [-0.39, 0.29) is 11.9 Å². The van der Waals surface area contributed by atoms with Crippen LogP contribution in [-0.4, -0.2) is 24.4 Å². The molecule has 1 unspecified atom stereocenters. The smallest absolute Gasteiger partial charge is 0.246 e. The Bertz CT molecular complexity index is 451. The van der Waals surface area contributed by atoms with E-state index in [9.17, 15) is 4.79 Å². The number of benzene rings is 1. The molecule has 0 aliphatic rings. The zero-order chi connectivity index (χ0) is 15.1. The maximum atomic E-state index is 12.3. The molecule has 0 radical (unpaired) electrons. The van der Waals surface area contributed by atoms with Crippen LogP contribution in [0.2, 0.25) is 0 Å². The summed E-state index contributed by atoms with van der Waals surface area (Å²) in [6.07, 6.45) is 1.40. The van der Waals surface area contributed by atoms with Crippen LogP contribution in [0.15, 0.2) is 18.2 Å². The molecule has 1 atom stereocenters. The van der Waals surface area contributed by atoms with Gasteiger partial charge < -0.3 is 4.74 Å². The lowest BCUT2D eigenvalue weighted by atomic mass is 10.1. The van der Waals surface area contributed by atoms with Crippen molar-refractivity contribution in [1.29, 1.82) is 0 Å². The lowest BCUT2D eigenvalue weighted by molar-refractivity contribution is -0.118. The van der Waals surface area contributed by atoms with E-state index in [1.54, 1.807) is 12.0 Å². The highest BCUT2D eigenvalue weighted by Gasteiger charge is 2.23. The first-order valence-corrected chi connectivity index (χ1v) is 7.68. The van der Waals surface area contributed by atoms with Crippen LogP contribution >= 0.6 is 23.2 Å². The lowest BCUT2D eigenvalue weighted by Crippen LogP contribution is -2.36. The number of aryl methyl sites for hydroxylation is 1. The van der Waals surface area contributed by atoms with E-state index in [1.165, 1.54) is 0 Å². The maximum absolute atomic E-state index is 12.3. The predicted molar refractivity (Wildman–Crippen MR) is 84.7 cm³/mol. The molecule has 0 aliphatic heterocycles. The van der Waals surface area contributed by atoms with E-state index in [0.717, 1.165) is 23.2 Å². The molecule has 0 spiro atoms. The molecule has 0 bridgehead atoms. The van der Waals surface area contributed by atoms with Crippen molar-refractivity contribution in [2.24, 2.45) is 0 Å². The van der Waals surface area contributed by atoms with Crippen LogP contribution in [-0.2, 0) is 22.6 Å². The van der Waals surface area contributed by atoms with E-state index in [0.29, 0.717) is 13.0 Å². The molecule has 112 valence electrons. The molecule has 5 heteroatoms. The van der Waals surface area contributed by atoms with Crippen LogP contribution in [0.25, 0.3) is 0 Å². The Kier molecular flexibility index (Phi) is 7.35. The molecule has 0 heterocycles. The Balaban J connectivity index is 3.17. The van der Waals surface area contributed by atoms with E-state index in [2.05, 4.69) is 0 Å².